The average Bonchev–Trinajstić information content (AvgIpc) is 2.08. The molecule has 0 radical (unpaired) electrons. The molecule has 2 nitrogen and oxygen atoms in total. The van der Waals surface area contributed by atoms with E-state index in [0.717, 1.165) is 5.57 Å². The molecule has 0 saturated heterocycles. The van der Waals surface area contributed by atoms with Crippen LogP contribution in [0.3, 0.4) is 0 Å². The molecule has 0 heterocycles. The van der Waals surface area contributed by atoms with E-state index in [4.69, 9.17) is 0 Å². The fourth-order valence-corrected chi connectivity index (χ4v) is 1.20. The van der Waals surface area contributed by atoms with E-state index in [9.17, 15) is 9.18 Å². The van der Waals surface area contributed by atoms with Gasteiger partial charge in [0.25, 0.3) is 0 Å². The standard InChI is InChI=1S/C12H14FNO/c1-8(2)6-12(15)14-11-5-4-10(13)7-9(11)3/h4-7H,1-3H3,(H,14,15). The summed E-state index contributed by atoms with van der Waals surface area (Å²) in [5.74, 6) is -0.488. The molecule has 0 aliphatic heterocycles. The van der Waals surface area contributed by atoms with Crippen molar-refractivity contribution in [3.8, 4) is 0 Å². The van der Waals surface area contributed by atoms with Crippen LogP contribution in [0.25, 0.3) is 0 Å². The van der Waals surface area contributed by atoms with Gasteiger partial charge in [0.15, 0.2) is 0 Å². The molecule has 1 rings (SSSR count). The molecule has 0 unspecified atom stereocenters. The lowest BCUT2D eigenvalue weighted by Crippen LogP contribution is -2.09. The van der Waals surface area contributed by atoms with E-state index in [1.807, 2.05) is 13.8 Å². The highest BCUT2D eigenvalue weighted by atomic mass is 19.1. The summed E-state index contributed by atoms with van der Waals surface area (Å²) in [6.45, 7) is 5.44. The van der Waals surface area contributed by atoms with Gasteiger partial charge in [0.1, 0.15) is 5.82 Å². The number of amides is 1. The first-order chi connectivity index (χ1) is 6.99. The second kappa shape index (κ2) is 4.73. The first-order valence-corrected chi connectivity index (χ1v) is 4.71. The molecule has 0 aliphatic carbocycles. The van der Waals surface area contributed by atoms with Crippen molar-refractivity contribution in [1.29, 1.82) is 0 Å². The molecule has 0 bridgehead atoms. The molecule has 1 amide bonds. The van der Waals surface area contributed by atoms with Crippen molar-refractivity contribution in [2.45, 2.75) is 20.8 Å². The lowest BCUT2D eigenvalue weighted by Gasteiger charge is -2.06. The van der Waals surface area contributed by atoms with Gasteiger partial charge in [0, 0.05) is 11.8 Å². The van der Waals surface area contributed by atoms with Crippen molar-refractivity contribution in [2.75, 3.05) is 5.32 Å². The Morgan fingerprint density at radius 3 is 2.60 bits per heavy atom. The van der Waals surface area contributed by atoms with Gasteiger partial charge in [-0.2, -0.15) is 0 Å². The van der Waals surface area contributed by atoms with Gasteiger partial charge in [-0.1, -0.05) is 5.57 Å². The van der Waals surface area contributed by atoms with Crippen molar-refractivity contribution in [2.24, 2.45) is 0 Å². The number of allylic oxidation sites excluding steroid dienone is 1. The number of anilines is 1. The van der Waals surface area contributed by atoms with Gasteiger partial charge in [-0.05, 0) is 44.5 Å². The van der Waals surface area contributed by atoms with Crippen LogP contribution in [-0.2, 0) is 4.79 Å². The average molecular weight is 207 g/mol. The Kier molecular flexibility index (Phi) is 3.61. The summed E-state index contributed by atoms with van der Waals surface area (Å²) in [5.41, 5.74) is 2.27. The SMILES string of the molecule is CC(C)=CC(=O)Nc1ccc(F)cc1C. The molecule has 0 fully saturated rings. The summed E-state index contributed by atoms with van der Waals surface area (Å²) in [6.07, 6.45) is 1.50. The number of carbonyl (C=O) groups is 1. The van der Waals surface area contributed by atoms with E-state index >= 15 is 0 Å². The number of rotatable bonds is 2. The molecule has 0 aliphatic rings. The minimum Gasteiger partial charge on any atom is -0.322 e. The molecule has 0 saturated carbocycles. The van der Waals surface area contributed by atoms with Gasteiger partial charge in [-0.15, -0.1) is 0 Å². The third kappa shape index (κ3) is 3.54. The lowest BCUT2D eigenvalue weighted by atomic mass is 10.2. The maximum Gasteiger partial charge on any atom is 0.248 e. The zero-order valence-corrected chi connectivity index (χ0v) is 9.10. The maximum absolute atomic E-state index is 12.8. The number of carbonyl (C=O) groups excluding carboxylic acids is 1. The quantitative estimate of drug-likeness (QED) is 0.742. The van der Waals surface area contributed by atoms with Crippen LogP contribution in [0.15, 0.2) is 29.8 Å². The molecular formula is C12H14FNO. The molecule has 1 N–H and O–H groups in total. The summed E-state index contributed by atoms with van der Waals surface area (Å²) < 4.78 is 12.8. The van der Waals surface area contributed by atoms with E-state index in [-0.39, 0.29) is 11.7 Å². The third-order valence-electron chi connectivity index (χ3n) is 1.87. The minimum atomic E-state index is -0.298. The van der Waals surface area contributed by atoms with Gasteiger partial charge in [-0.25, -0.2) is 4.39 Å². The molecule has 0 spiro atoms. The normalized spacial score (nSPS) is 9.60. The second-order valence-electron chi connectivity index (χ2n) is 3.67. The number of nitrogens with one attached hydrogen (secondary N) is 1. The summed E-state index contributed by atoms with van der Waals surface area (Å²) in [7, 11) is 0. The van der Waals surface area contributed by atoms with Crippen LogP contribution in [0.1, 0.15) is 19.4 Å². The third-order valence-corrected chi connectivity index (χ3v) is 1.87. The number of hydrogen-bond donors (Lipinski definition) is 1. The minimum absolute atomic E-state index is 0.190. The highest BCUT2D eigenvalue weighted by Crippen LogP contribution is 2.15. The zero-order valence-electron chi connectivity index (χ0n) is 9.10. The first-order valence-electron chi connectivity index (χ1n) is 4.71. The molecule has 0 atom stereocenters. The van der Waals surface area contributed by atoms with Gasteiger partial charge in [-0.3, -0.25) is 4.79 Å². The Hall–Kier alpha value is -1.64. The fraction of sp³-hybridized carbons (Fsp3) is 0.250. The molecule has 1 aromatic carbocycles. The van der Waals surface area contributed by atoms with Crippen molar-refractivity contribution < 1.29 is 9.18 Å². The molecule has 3 heteroatoms. The van der Waals surface area contributed by atoms with Crippen LogP contribution in [0.4, 0.5) is 10.1 Å². The predicted octanol–water partition coefficient (Wildman–Crippen LogP) is 3.04. The second-order valence-corrected chi connectivity index (χ2v) is 3.67. The number of benzene rings is 1. The predicted molar refractivity (Wildman–Crippen MR) is 59.2 cm³/mol. The lowest BCUT2D eigenvalue weighted by molar-refractivity contribution is -0.111. The first kappa shape index (κ1) is 11.4. The van der Waals surface area contributed by atoms with Gasteiger partial charge < -0.3 is 5.32 Å². The molecular weight excluding hydrogens is 193 g/mol. The highest BCUT2D eigenvalue weighted by molar-refractivity contribution is 6.00. The summed E-state index contributed by atoms with van der Waals surface area (Å²) >= 11 is 0. The largest absolute Gasteiger partial charge is 0.322 e. The summed E-state index contributed by atoms with van der Waals surface area (Å²) in [5, 5.41) is 2.69. The van der Waals surface area contributed by atoms with E-state index in [1.165, 1.54) is 18.2 Å². The highest BCUT2D eigenvalue weighted by Gasteiger charge is 2.02. The molecule has 0 aromatic heterocycles. The van der Waals surface area contributed by atoms with Crippen molar-refractivity contribution in [3.63, 3.8) is 0 Å². The Morgan fingerprint density at radius 1 is 1.40 bits per heavy atom. The van der Waals surface area contributed by atoms with Gasteiger partial charge in [0.05, 0.1) is 0 Å². The molecule has 80 valence electrons. The van der Waals surface area contributed by atoms with Crippen molar-refractivity contribution >= 4 is 11.6 Å². The Labute approximate surface area is 88.8 Å². The van der Waals surface area contributed by atoms with E-state index in [1.54, 1.807) is 13.0 Å². The van der Waals surface area contributed by atoms with Crippen LogP contribution >= 0.6 is 0 Å². The van der Waals surface area contributed by atoms with E-state index in [2.05, 4.69) is 5.32 Å². The smallest absolute Gasteiger partial charge is 0.248 e. The number of hydrogen-bond acceptors (Lipinski definition) is 1. The summed E-state index contributed by atoms with van der Waals surface area (Å²) in [4.78, 5) is 11.4. The number of halogens is 1. The number of aryl methyl sites for hydroxylation is 1. The maximum atomic E-state index is 12.8. The Balaban J connectivity index is 2.82. The topological polar surface area (TPSA) is 29.1 Å². The van der Waals surface area contributed by atoms with Crippen LogP contribution < -0.4 is 5.32 Å². The Bertz CT molecular complexity index is 406. The monoisotopic (exact) mass is 207 g/mol. The van der Waals surface area contributed by atoms with Gasteiger partial charge >= 0.3 is 0 Å². The van der Waals surface area contributed by atoms with E-state index < -0.39 is 0 Å². The van der Waals surface area contributed by atoms with E-state index in [0.29, 0.717) is 11.3 Å². The van der Waals surface area contributed by atoms with Crippen molar-refractivity contribution in [3.05, 3.63) is 41.2 Å². The van der Waals surface area contributed by atoms with Crippen LogP contribution in [0.2, 0.25) is 0 Å². The summed E-state index contributed by atoms with van der Waals surface area (Å²) in [6, 6.07) is 4.27. The molecule has 15 heavy (non-hydrogen) atoms. The van der Waals surface area contributed by atoms with Crippen LogP contribution in [0.5, 0.6) is 0 Å². The van der Waals surface area contributed by atoms with Crippen LogP contribution in [-0.4, -0.2) is 5.91 Å². The molecule has 1 aromatic rings. The Morgan fingerprint density at radius 2 is 2.07 bits per heavy atom. The van der Waals surface area contributed by atoms with Crippen LogP contribution in [0, 0.1) is 12.7 Å². The zero-order chi connectivity index (χ0) is 11.4. The fourth-order valence-electron chi connectivity index (χ4n) is 1.20. The van der Waals surface area contributed by atoms with Crippen molar-refractivity contribution in [1.82, 2.24) is 0 Å². The van der Waals surface area contributed by atoms with Gasteiger partial charge in [0.2, 0.25) is 5.91 Å².